The highest BCUT2D eigenvalue weighted by atomic mass is 32.2. The first-order valence-electron chi connectivity index (χ1n) is 11.4. The molecule has 0 aliphatic rings. The van der Waals surface area contributed by atoms with Crippen LogP contribution < -0.4 is 0 Å². The predicted molar refractivity (Wildman–Crippen MR) is 144 cm³/mol. The minimum absolute atomic E-state index is 0.0609. The van der Waals surface area contributed by atoms with Gasteiger partial charge in [0.2, 0.25) is 0 Å². The lowest BCUT2D eigenvalue weighted by Crippen LogP contribution is -2.12. The molecule has 2 heterocycles. The number of aromatic nitrogens is 3. The molecule has 3 aromatic carbocycles. The van der Waals surface area contributed by atoms with Crippen LogP contribution in [-0.4, -0.2) is 20.5 Å². The van der Waals surface area contributed by atoms with Gasteiger partial charge in [0.15, 0.2) is 16.8 Å². The van der Waals surface area contributed by atoms with E-state index in [1.54, 1.807) is 11.3 Å². The Hall–Kier alpha value is -3.48. The van der Waals surface area contributed by atoms with Gasteiger partial charge in [-0.25, -0.2) is 0 Å². The Morgan fingerprint density at radius 1 is 0.857 bits per heavy atom. The van der Waals surface area contributed by atoms with Gasteiger partial charge >= 0.3 is 0 Å². The molecule has 0 radical (unpaired) electrons. The first kappa shape index (κ1) is 23.3. The Kier molecular flexibility index (Phi) is 6.93. The van der Waals surface area contributed by atoms with Gasteiger partial charge in [-0.1, -0.05) is 108 Å². The largest absolute Gasteiger partial charge is 0.297 e. The number of nitrogens with zero attached hydrogens (tertiary/aromatic N) is 3. The minimum atomic E-state index is -0.437. The molecule has 174 valence electrons. The quantitative estimate of drug-likeness (QED) is 0.166. The van der Waals surface area contributed by atoms with Gasteiger partial charge in [-0.3, -0.25) is 9.36 Å². The van der Waals surface area contributed by atoms with Gasteiger partial charge in [0.1, 0.15) is 5.25 Å². The van der Waals surface area contributed by atoms with Crippen LogP contribution in [0.25, 0.3) is 10.7 Å². The van der Waals surface area contributed by atoms with Crippen molar-refractivity contribution in [2.24, 2.45) is 0 Å². The van der Waals surface area contributed by atoms with Crippen molar-refractivity contribution in [3.05, 3.63) is 124 Å². The second-order valence-corrected chi connectivity index (χ2v) is 10.5. The van der Waals surface area contributed by atoms with E-state index in [0.717, 1.165) is 38.1 Å². The van der Waals surface area contributed by atoms with Crippen molar-refractivity contribution in [2.75, 3.05) is 0 Å². The molecule has 0 amide bonds. The number of hydrogen-bond donors (Lipinski definition) is 0. The van der Waals surface area contributed by atoms with E-state index in [9.17, 15) is 4.79 Å². The summed E-state index contributed by atoms with van der Waals surface area (Å²) in [7, 11) is 0. The molecule has 5 rings (SSSR count). The molecular weight excluding hydrogens is 470 g/mol. The van der Waals surface area contributed by atoms with Gasteiger partial charge in [0.25, 0.3) is 0 Å². The van der Waals surface area contributed by atoms with E-state index >= 15 is 0 Å². The molecule has 1 atom stereocenters. The summed E-state index contributed by atoms with van der Waals surface area (Å²) in [4.78, 5) is 14.8. The second kappa shape index (κ2) is 10.4. The molecule has 0 unspecified atom stereocenters. The van der Waals surface area contributed by atoms with E-state index in [2.05, 4.69) is 52.0 Å². The summed E-state index contributed by atoms with van der Waals surface area (Å²) < 4.78 is 2.12. The summed E-state index contributed by atoms with van der Waals surface area (Å²) in [6.07, 6.45) is 0. The van der Waals surface area contributed by atoms with Crippen LogP contribution >= 0.6 is 23.1 Å². The normalized spacial score (nSPS) is 11.9. The molecule has 0 bridgehead atoms. The minimum Gasteiger partial charge on any atom is -0.297 e. The fraction of sp³-hybridized carbons (Fsp3) is 0.138. The fourth-order valence-electron chi connectivity index (χ4n) is 3.86. The third-order valence-electron chi connectivity index (χ3n) is 5.82. The number of thioether (sulfide) groups is 1. The summed E-state index contributed by atoms with van der Waals surface area (Å²) in [6, 6.07) is 30.3. The van der Waals surface area contributed by atoms with Crippen LogP contribution in [0.15, 0.2) is 102 Å². The molecule has 0 N–H and O–H groups in total. The SMILES string of the molecule is Cc1ccc(C(=O)[C@H](Sc2nnc(-c3cccs3)n2Cc2ccccc2)c2ccc(C)cc2)cc1. The summed E-state index contributed by atoms with van der Waals surface area (Å²) in [6.45, 7) is 4.71. The van der Waals surface area contributed by atoms with Crippen LogP contribution in [0.1, 0.15) is 37.9 Å². The molecule has 0 spiro atoms. The van der Waals surface area contributed by atoms with Crippen molar-refractivity contribution in [1.29, 1.82) is 0 Å². The maximum atomic E-state index is 13.8. The standard InChI is InChI=1S/C29H25N3OS2/c1-20-10-14-23(15-11-20)26(33)27(24-16-12-21(2)13-17-24)35-29-31-30-28(25-9-6-18-34-25)32(29)19-22-7-4-3-5-8-22/h3-18,27H,19H2,1-2H3/t27-/m1/s1. The zero-order chi connectivity index (χ0) is 24.2. The maximum Gasteiger partial charge on any atom is 0.192 e. The number of carbonyl (C=O) groups excluding carboxylic acids is 1. The highest BCUT2D eigenvalue weighted by molar-refractivity contribution is 8.00. The van der Waals surface area contributed by atoms with E-state index in [1.165, 1.54) is 11.8 Å². The molecular formula is C29H25N3OS2. The number of ketones is 1. The Morgan fingerprint density at radius 2 is 1.54 bits per heavy atom. The van der Waals surface area contributed by atoms with Crippen molar-refractivity contribution in [2.45, 2.75) is 30.8 Å². The van der Waals surface area contributed by atoms with Crippen LogP contribution in [0.5, 0.6) is 0 Å². The molecule has 0 aliphatic heterocycles. The number of carbonyl (C=O) groups is 1. The molecule has 0 saturated heterocycles. The third kappa shape index (κ3) is 5.29. The van der Waals surface area contributed by atoms with Gasteiger partial charge in [0, 0.05) is 5.56 Å². The molecule has 0 saturated carbocycles. The summed E-state index contributed by atoms with van der Waals surface area (Å²) in [5, 5.41) is 11.5. The van der Waals surface area contributed by atoms with Gasteiger partial charge in [0.05, 0.1) is 11.4 Å². The van der Waals surface area contributed by atoms with Crippen LogP contribution in [-0.2, 0) is 6.54 Å². The molecule has 4 nitrogen and oxygen atoms in total. The average Bonchev–Trinajstić information content (AvgIpc) is 3.54. The fourth-order valence-corrected chi connectivity index (χ4v) is 5.69. The van der Waals surface area contributed by atoms with Gasteiger partial charge in [-0.2, -0.15) is 0 Å². The van der Waals surface area contributed by atoms with Crippen LogP contribution in [0.2, 0.25) is 0 Å². The lowest BCUT2D eigenvalue weighted by molar-refractivity contribution is 0.0989. The van der Waals surface area contributed by atoms with Crippen molar-refractivity contribution < 1.29 is 4.79 Å². The third-order valence-corrected chi connectivity index (χ3v) is 7.92. The van der Waals surface area contributed by atoms with Gasteiger partial charge in [-0.15, -0.1) is 21.5 Å². The summed E-state index contributed by atoms with van der Waals surface area (Å²) >= 11 is 3.10. The first-order valence-corrected chi connectivity index (χ1v) is 13.2. The molecule has 2 aromatic heterocycles. The number of aryl methyl sites for hydroxylation is 2. The topological polar surface area (TPSA) is 47.8 Å². The predicted octanol–water partition coefficient (Wildman–Crippen LogP) is 7.39. The Labute approximate surface area is 213 Å². The molecule has 0 aliphatic carbocycles. The van der Waals surface area contributed by atoms with Crippen LogP contribution in [0.3, 0.4) is 0 Å². The highest BCUT2D eigenvalue weighted by Gasteiger charge is 2.27. The Morgan fingerprint density at radius 3 is 2.20 bits per heavy atom. The lowest BCUT2D eigenvalue weighted by atomic mass is 10.0. The smallest absolute Gasteiger partial charge is 0.192 e. The van der Waals surface area contributed by atoms with E-state index in [-0.39, 0.29) is 5.78 Å². The monoisotopic (exact) mass is 495 g/mol. The molecule has 6 heteroatoms. The molecule has 35 heavy (non-hydrogen) atoms. The van der Waals surface area contributed by atoms with E-state index in [4.69, 9.17) is 0 Å². The van der Waals surface area contributed by atoms with Crippen molar-refractivity contribution in [3.8, 4) is 10.7 Å². The number of Topliss-reactive ketones (excluding diaryl/α,β-unsaturated/α-hetero) is 1. The number of hydrogen-bond acceptors (Lipinski definition) is 5. The van der Waals surface area contributed by atoms with Gasteiger partial charge in [-0.05, 0) is 36.4 Å². The first-order chi connectivity index (χ1) is 17.1. The molecule has 0 fully saturated rings. The van der Waals surface area contributed by atoms with E-state index in [1.807, 2.05) is 73.0 Å². The highest BCUT2D eigenvalue weighted by Crippen LogP contribution is 2.39. The summed E-state index contributed by atoms with van der Waals surface area (Å²) in [5.74, 6) is 0.877. The average molecular weight is 496 g/mol. The van der Waals surface area contributed by atoms with E-state index < -0.39 is 5.25 Å². The number of benzene rings is 3. The number of rotatable bonds is 8. The van der Waals surface area contributed by atoms with Crippen molar-refractivity contribution in [3.63, 3.8) is 0 Å². The van der Waals surface area contributed by atoms with Crippen molar-refractivity contribution in [1.82, 2.24) is 14.8 Å². The maximum absolute atomic E-state index is 13.8. The Bertz CT molecular complexity index is 1410. The summed E-state index contributed by atoms with van der Waals surface area (Å²) in [5.41, 5.74) is 5.10. The second-order valence-electron chi connectivity index (χ2n) is 8.49. The van der Waals surface area contributed by atoms with Crippen LogP contribution in [0.4, 0.5) is 0 Å². The van der Waals surface area contributed by atoms with Gasteiger partial charge < -0.3 is 0 Å². The zero-order valence-electron chi connectivity index (χ0n) is 19.6. The molecule has 5 aromatic rings. The zero-order valence-corrected chi connectivity index (χ0v) is 21.2. The lowest BCUT2D eigenvalue weighted by Gasteiger charge is -2.17. The Balaban J connectivity index is 1.56. The van der Waals surface area contributed by atoms with Crippen molar-refractivity contribution >= 4 is 28.9 Å². The van der Waals surface area contributed by atoms with Crippen LogP contribution in [0, 0.1) is 13.8 Å². The number of thiophene rings is 1. The van der Waals surface area contributed by atoms with E-state index in [0.29, 0.717) is 12.1 Å².